The molecule has 4 aliphatic carbocycles. The molecule has 4 nitrogen and oxygen atoms in total. The molecule has 38 heavy (non-hydrogen) atoms. The highest BCUT2D eigenvalue weighted by Crippen LogP contribution is 2.56. The highest BCUT2D eigenvalue weighted by Gasteiger charge is 2.51. The lowest BCUT2D eigenvalue weighted by atomic mass is 9.53. The van der Waals surface area contributed by atoms with Crippen LogP contribution < -0.4 is 10.1 Å². The highest BCUT2D eigenvalue weighted by molar-refractivity contribution is 5.94. The van der Waals surface area contributed by atoms with Crippen molar-refractivity contribution in [2.45, 2.75) is 88.8 Å². The SMILES string of the molecule is C#CC(=O)N1[C@@H](CCCC)Cc2cc(OC)ccc2[C@@H]1c1ccc(NC23CC4CC(CC(C4)C2)C3)cc1.Cl. The lowest BCUT2D eigenvalue weighted by Crippen LogP contribution is -2.54. The van der Waals surface area contributed by atoms with Crippen molar-refractivity contribution in [2.24, 2.45) is 17.8 Å². The number of halogens is 1. The van der Waals surface area contributed by atoms with Crippen LogP contribution in [0.5, 0.6) is 5.75 Å². The molecule has 5 heteroatoms. The summed E-state index contributed by atoms with van der Waals surface area (Å²) in [5, 5.41) is 4.00. The molecule has 0 spiro atoms. The van der Waals surface area contributed by atoms with E-state index in [9.17, 15) is 4.79 Å². The Hall–Kier alpha value is -2.64. The van der Waals surface area contributed by atoms with Gasteiger partial charge in [-0.3, -0.25) is 4.79 Å². The molecule has 2 aromatic rings. The maximum atomic E-state index is 13.2. The van der Waals surface area contributed by atoms with Crippen LogP contribution >= 0.6 is 12.4 Å². The molecule has 2 atom stereocenters. The number of nitrogens with zero attached hydrogens (tertiary/aromatic N) is 1. The minimum absolute atomic E-state index is 0. The second-order valence-electron chi connectivity index (χ2n) is 12.3. The lowest BCUT2D eigenvalue weighted by molar-refractivity contribution is -0.130. The monoisotopic (exact) mass is 532 g/mol. The largest absolute Gasteiger partial charge is 0.497 e. The second-order valence-corrected chi connectivity index (χ2v) is 12.3. The van der Waals surface area contributed by atoms with Gasteiger partial charge in [0.1, 0.15) is 5.75 Å². The van der Waals surface area contributed by atoms with Gasteiger partial charge in [0.15, 0.2) is 0 Å². The highest BCUT2D eigenvalue weighted by atomic mass is 35.5. The third kappa shape index (κ3) is 4.91. The Labute approximate surface area is 234 Å². The van der Waals surface area contributed by atoms with E-state index in [4.69, 9.17) is 11.2 Å². The van der Waals surface area contributed by atoms with E-state index >= 15 is 0 Å². The molecule has 4 fully saturated rings. The van der Waals surface area contributed by atoms with E-state index in [0.29, 0.717) is 0 Å². The van der Waals surface area contributed by atoms with E-state index in [1.54, 1.807) is 7.11 Å². The summed E-state index contributed by atoms with van der Waals surface area (Å²) >= 11 is 0. The predicted octanol–water partition coefficient (Wildman–Crippen LogP) is 7.16. The molecule has 1 heterocycles. The molecular weight excluding hydrogens is 492 g/mol. The van der Waals surface area contributed by atoms with Crippen molar-refractivity contribution in [3.05, 3.63) is 59.2 Å². The molecule has 1 amide bonds. The van der Waals surface area contributed by atoms with Gasteiger partial charge in [-0.25, -0.2) is 0 Å². The normalized spacial score (nSPS) is 30.7. The first-order valence-electron chi connectivity index (χ1n) is 14.3. The number of nitrogens with one attached hydrogen (secondary N) is 1. The summed E-state index contributed by atoms with van der Waals surface area (Å²) in [6, 6.07) is 15.0. The van der Waals surface area contributed by atoms with Gasteiger partial charge >= 0.3 is 0 Å². The fourth-order valence-electron chi connectivity index (χ4n) is 8.56. The summed E-state index contributed by atoms with van der Waals surface area (Å²) in [6.07, 6.45) is 17.9. The number of fused-ring (bicyclic) bond motifs is 1. The maximum absolute atomic E-state index is 13.2. The number of methoxy groups -OCH3 is 1. The molecule has 202 valence electrons. The molecule has 0 unspecified atom stereocenters. The van der Waals surface area contributed by atoms with Crippen LogP contribution in [-0.4, -0.2) is 29.5 Å². The van der Waals surface area contributed by atoms with Gasteiger partial charge in [-0.2, -0.15) is 0 Å². The molecule has 1 N–H and O–H groups in total. The first-order valence-corrected chi connectivity index (χ1v) is 14.3. The number of hydrogen-bond acceptors (Lipinski definition) is 3. The van der Waals surface area contributed by atoms with Gasteiger partial charge in [0.25, 0.3) is 5.91 Å². The molecule has 5 aliphatic rings. The summed E-state index contributed by atoms with van der Waals surface area (Å²) in [5.41, 5.74) is 5.00. The Bertz CT molecular complexity index is 1170. The fraction of sp³-hybridized carbons (Fsp3) is 0.545. The number of unbranched alkanes of at least 4 members (excludes halogenated alkanes) is 1. The van der Waals surface area contributed by atoms with E-state index in [2.05, 4.69) is 54.6 Å². The third-order valence-electron chi connectivity index (χ3n) is 9.69. The molecule has 7 rings (SSSR count). The van der Waals surface area contributed by atoms with Gasteiger partial charge in [0.2, 0.25) is 0 Å². The lowest BCUT2D eigenvalue weighted by Gasteiger charge is -2.57. The van der Waals surface area contributed by atoms with E-state index < -0.39 is 0 Å². The minimum Gasteiger partial charge on any atom is -0.497 e. The molecule has 0 aromatic heterocycles. The Kier molecular flexibility index (Phi) is 7.70. The van der Waals surface area contributed by atoms with Gasteiger partial charge in [-0.15, -0.1) is 18.8 Å². The third-order valence-corrected chi connectivity index (χ3v) is 9.69. The van der Waals surface area contributed by atoms with Crippen molar-refractivity contribution in [3.8, 4) is 18.1 Å². The van der Waals surface area contributed by atoms with Crippen molar-refractivity contribution in [2.75, 3.05) is 12.4 Å². The topological polar surface area (TPSA) is 41.6 Å². The average Bonchev–Trinajstić information content (AvgIpc) is 2.89. The quantitative estimate of drug-likeness (QED) is 0.384. The van der Waals surface area contributed by atoms with Crippen LogP contribution in [0.1, 0.15) is 87.4 Å². The number of rotatable bonds is 7. The zero-order valence-electron chi connectivity index (χ0n) is 22.7. The van der Waals surface area contributed by atoms with Crippen molar-refractivity contribution in [1.82, 2.24) is 4.90 Å². The molecule has 0 radical (unpaired) electrons. The second kappa shape index (κ2) is 10.9. The Morgan fingerprint density at radius 1 is 1.08 bits per heavy atom. The Morgan fingerprint density at radius 3 is 2.32 bits per heavy atom. The number of terminal acetylenes is 1. The van der Waals surface area contributed by atoms with Crippen LogP contribution in [0.25, 0.3) is 0 Å². The zero-order chi connectivity index (χ0) is 25.6. The first-order chi connectivity index (χ1) is 18.0. The average molecular weight is 533 g/mol. The van der Waals surface area contributed by atoms with Crippen LogP contribution in [0.2, 0.25) is 0 Å². The molecule has 4 saturated carbocycles. The standard InChI is InChI=1S/C33H40N2O2.ClH/c1-4-6-7-28-17-26-18-29(37-3)12-13-30(26)32(35(28)31(36)5-2)25-8-10-27(11-9-25)34-33-19-22-14-23(20-33)16-24(15-22)21-33;/h2,8-13,18,22-24,28,32,34H,4,6-7,14-17,19-21H2,1,3H3;1H/t22?,23?,24?,28-,32-,33?;/m0./s1. The summed E-state index contributed by atoms with van der Waals surface area (Å²) in [7, 11) is 1.71. The van der Waals surface area contributed by atoms with Gasteiger partial charge in [0.05, 0.1) is 13.2 Å². The fourth-order valence-corrected chi connectivity index (χ4v) is 8.56. The summed E-state index contributed by atoms with van der Waals surface area (Å²) in [4.78, 5) is 15.2. The smallest absolute Gasteiger partial charge is 0.299 e. The summed E-state index contributed by atoms with van der Waals surface area (Å²) < 4.78 is 5.54. The Balaban J connectivity index is 0.00000294. The minimum atomic E-state index is -0.219. The van der Waals surface area contributed by atoms with Crippen LogP contribution in [0.15, 0.2) is 42.5 Å². The van der Waals surface area contributed by atoms with Gasteiger partial charge in [-0.05, 0) is 116 Å². The number of carbonyl (C=O) groups excluding carboxylic acids is 1. The van der Waals surface area contributed by atoms with E-state index in [0.717, 1.165) is 60.3 Å². The van der Waals surface area contributed by atoms with E-state index in [1.807, 2.05) is 11.0 Å². The number of ether oxygens (including phenoxy) is 1. The van der Waals surface area contributed by atoms with Crippen molar-refractivity contribution in [3.63, 3.8) is 0 Å². The maximum Gasteiger partial charge on any atom is 0.299 e. The number of anilines is 1. The summed E-state index contributed by atoms with van der Waals surface area (Å²) in [6.45, 7) is 2.19. The van der Waals surface area contributed by atoms with Gasteiger partial charge < -0.3 is 15.0 Å². The van der Waals surface area contributed by atoms with Crippen molar-refractivity contribution < 1.29 is 9.53 Å². The molecule has 2 aromatic carbocycles. The predicted molar refractivity (Wildman–Crippen MR) is 156 cm³/mol. The van der Waals surface area contributed by atoms with E-state index in [-0.39, 0.29) is 35.9 Å². The van der Waals surface area contributed by atoms with Crippen molar-refractivity contribution in [1.29, 1.82) is 0 Å². The number of amides is 1. The molecule has 4 bridgehead atoms. The Morgan fingerprint density at radius 2 is 1.74 bits per heavy atom. The zero-order valence-corrected chi connectivity index (χ0v) is 23.6. The van der Waals surface area contributed by atoms with Crippen LogP contribution in [0.4, 0.5) is 5.69 Å². The summed E-state index contributed by atoms with van der Waals surface area (Å²) in [5.74, 6) is 5.82. The van der Waals surface area contributed by atoms with Crippen molar-refractivity contribution >= 4 is 24.0 Å². The van der Waals surface area contributed by atoms with Crippen LogP contribution in [-0.2, 0) is 11.2 Å². The molecule has 0 saturated heterocycles. The van der Waals surface area contributed by atoms with Crippen LogP contribution in [0, 0.1) is 30.1 Å². The number of carbonyl (C=O) groups is 1. The number of benzene rings is 2. The number of hydrogen-bond donors (Lipinski definition) is 1. The van der Waals surface area contributed by atoms with Crippen LogP contribution in [0.3, 0.4) is 0 Å². The molecular formula is C33H41ClN2O2. The molecule has 1 aliphatic heterocycles. The van der Waals surface area contributed by atoms with E-state index in [1.165, 1.54) is 49.8 Å². The van der Waals surface area contributed by atoms with Gasteiger partial charge in [0, 0.05) is 17.3 Å². The van der Waals surface area contributed by atoms with Gasteiger partial charge in [-0.1, -0.05) is 38.0 Å². The first kappa shape index (κ1) is 26.9.